The van der Waals surface area contributed by atoms with Gasteiger partial charge in [-0.05, 0) is 43.5 Å². The first-order chi connectivity index (χ1) is 15.4. The van der Waals surface area contributed by atoms with Crippen molar-refractivity contribution >= 4 is 29.6 Å². The van der Waals surface area contributed by atoms with E-state index >= 15 is 0 Å². The van der Waals surface area contributed by atoms with Crippen LogP contribution in [0.25, 0.3) is 0 Å². The second-order valence-corrected chi connectivity index (χ2v) is 7.27. The maximum Gasteiger partial charge on any atom is 0.338 e. The van der Waals surface area contributed by atoms with Gasteiger partial charge in [0.25, 0.3) is 0 Å². The Balaban J connectivity index is 1.63. The number of aliphatic carboxylic acids is 1. The number of carboxylic acid groups (broad SMARTS) is 1. The van der Waals surface area contributed by atoms with E-state index < -0.39 is 29.9 Å². The molecule has 2 atom stereocenters. The maximum atomic E-state index is 12.9. The van der Waals surface area contributed by atoms with E-state index in [1.807, 2.05) is 30.3 Å². The molecular formula is C23H25N3O6. The molecule has 0 radical (unpaired) electrons. The lowest BCUT2D eigenvalue weighted by Crippen LogP contribution is -2.47. The first kappa shape index (κ1) is 22.8. The molecule has 0 spiro atoms. The zero-order chi connectivity index (χ0) is 23.1. The summed E-state index contributed by atoms with van der Waals surface area (Å²) in [6.07, 6.45) is 0.868. The van der Waals surface area contributed by atoms with Gasteiger partial charge in [0.1, 0.15) is 6.04 Å². The average molecular weight is 439 g/mol. The topological polar surface area (TPSA) is 125 Å². The lowest BCUT2D eigenvalue weighted by atomic mass is 10.0. The summed E-state index contributed by atoms with van der Waals surface area (Å²) in [4.78, 5) is 50.0. The van der Waals surface area contributed by atoms with Crippen LogP contribution >= 0.6 is 0 Å². The number of carbonyl (C=O) groups excluding carboxylic acids is 3. The van der Waals surface area contributed by atoms with Crippen molar-refractivity contribution < 1.29 is 29.0 Å². The van der Waals surface area contributed by atoms with Crippen LogP contribution in [0, 0.1) is 0 Å². The molecule has 1 heterocycles. The molecule has 0 saturated carbocycles. The number of esters is 1. The summed E-state index contributed by atoms with van der Waals surface area (Å²) in [6.45, 7) is 1.56. The standard InChI is InChI=1S/C23H25N3O6/c1-2-32-22(30)16-9-6-10-17(13-16)25-23(31)24-14-20(27)26-18(11-12-19(26)21(28)29)15-7-4-3-5-8-15/h3-10,13,18-19H,2,11-12,14H2,1H3,(H,28,29)(H2,24,25,31). The Kier molecular flexibility index (Phi) is 7.43. The predicted octanol–water partition coefficient (Wildman–Crippen LogP) is 2.80. The van der Waals surface area contributed by atoms with E-state index in [4.69, 9.17) is 4.74 Å². The SMILES string of the molecule is CCOC(=O)c1cccc(NC(=O)NCC(=O)N2C(C(=O)O)CCC2c2ccccc2)c1. The molecule has 9 nitrogen and oxygen atoms in total. The van der Waals surface area contributed by atoms with Gasteiger partial charge in [0.2, 0.25) is 5.91 Å². The number of nitrogens with zero attached hydrogens (tertiary/aromatic N) is 1. The van der Waals surface area contributed by atoms with Gasteiger partial charge in [0.05, 0.1) is 24.8 Å². The van der Waals surface area contributed by atoms with Gasteiger partial charge in [0.15, 0.2) is 0 Å². The van der Waals surface area contributed by atoms with E-state index in [9.17, 15) is 24.3 Å². The number of amides is 3. The van der Waals surface area contributed by atoms with Crippen LogP contribution in [-0.2, 0) is 14.3 Å². The molecule has 1 saturated heterocycles. The second kappa shape index (κ2) is 10.4. The van der Waals surface area contributed by atoms with Gasteiger partial charge >= 0.3 is 18.0 Å². The van der Waals surface area contributed by atoms with Crippen LogP contribution in [0.1, 0.15) is 41.7 Å². The molecule has 168 valence electrons. The number of anilines is 1. The Morgan fingerprint density at radius 3 is 2.50 bits per heavy atom. The van der Waals surface area contributed by atoms with Crippen molar-refractivity contribution in [3.8, 4) is 0 Å². The summed E-state index contributed by atoms with van der Waals surface area (Å²) >= 11 is 0. The van der Waals surface area contributed by atoms with Crippen LogP contribution in [0.2, 0.25) is 0 Å². The number of nitrogens with one attached hydrogen (secondary N) is 2. The fourth-order valence-electron chi connectivity index (χ4n) is 3.76. The summed E-state index contributed by atoms with van der Waals surface area (Å²) in [5.74, 6) is -2.07. The largest absolute Gasteiger partial charge is 0.480 e. The van der Waals surface area contributed by atoms with Crippen LogP contribution in [-0.4, -0.2) is 53.1 Å². The number of ether oxygens (including phenoxy) is 1. The minimum atomic E-state index is -1.07. The van der Waals surface area contributed by atoms with Gasteiger partial charge in [-0.1, -0.05) is 36.4 Å². The lowest BCUT2D eigenvalue weighted by Gasteiger charge is -2.28. The molecule has 2 unspecified atom stereocenters. The zero-order valence-electron chi connectivity index (χ0n) is 17.6. The highest BCUT2D eigenvalue weighted by molar-refractivity contribution is 5.95. The van der Waals surface area contributed by atoms with Crippen molar-refractivity contribution in [1.29, 1.82) is 0 Å². The number of urea groups is 1. The van der Waals surface area contributed by atoms with Gasteiger partial charge in [-0.25, -0.2) is 14.4 Å². The van der Waals surface area contributed by atoms with E-state index in [1.165, 1.54) is 11.0 Å². The number of hydrogen-bond acceptors (Lipinski definition) is 5. The number of hydrogen-bond donors (Lipinski definition) is 3. The number of likely N-dealkylation sites (tertiary alicyclic amines) is 1. The van der Waals surface area contributed by atoms with Crippen LogP contribution in [0.3, 0.4) is 0 Å². The Morgan fingerprint density at radius 2 is 1.81 bits per heavy atom. The summed E-state index contributed by atoms with van der Waals surface area (Å²) in [5, 5.41) is 14.6. The molecule has 3 amide bonds. The molecule has 32 heavy (non-hydrogen) atoms. The van der Waals surface area contributed by atoms with E-state index in [1.54, 1.807) is 25.1 Å². The molecule has 9 heteroatoms. The molecule has 3 N–H and O–H groups in total. The second-order valence-electron chi connectivity index (χ2n) is 7.27. The minimum Gasteiger partial charge on any atom is -0.480 e. The van der Waals surface area contributed by atoms with Crippen LogP contribution in [0.5, 0.6) is 0 Å². The molecule has 0 bridgehead atoms. The van der Waals surface area contributed by atoms with Gasteiger partial charge in [-0.3, -0.25) is 4.79 Å². The van der Waals surface area contributed by atoms with E-state index in [0.29, 0.717) is 18.5 Å². The molecule has 2 aromatic rings. The molecular weight excluding hydrogens is 414 g/mol. The summed E-state index contributed by atoms with van der Waals surface area (Å²) in [6, 6.07) is 13.5. The third-order valence-electron chi connectivity index (χ3n) is 5.17. The minimum absolute atomic E-state index is 0.233. The van der Waals surface area contributed by atoms with E-state index in [-0.39, 0.29) is 24.8 Å². The molecule has 3 rings (SSSR count). The Labute approximate surface area is 185 Å². The Morgan fingerprint density at radius 1 is 1.06 bits per heavy atom. The highest BCUT2D eigenvalue weighted by Crippen LogP contribution is 2.36. The summed E-state index contributed by atoms with van der Waals surface area (Å²) in [5.41, 5.74) is 1.49. The molecule has 1 aliphatic heterocycles. The third-order valence-corrected chi connectivity index (χ3v) is 5.17. The highest BCUT2D eigenvalue weighted by Gasteiger charge is 2.41. The van der Waals surface area contributed by atoms with Gasteiger partial charge in [-0.15, -0.1) is 0 Å². The monoisotopic (exact) mass is 439 g/mol. The summed E-state index contributed by atoms with van der Waals surface area (Å²) in [7, 11) is 0. The number of carbonyl (C=O) groups is 4. The summed E-state index contributed by atoms with van der Waals surface area (Å²) < 4.78 is 4.93. The van der Waals surface area contributed by atoms with Gasteiger partial charge in [-0.2, -0.15) is 0 Å². The van der Waals surface area contributed by atoms with Crippen molar-refractivity contribution in [3.05, 3.63) is 65.7 Å². The molecule has 1 aliphatic rings. The molecule has 2 aromatic carbocycles. The predicted molar refractivity (Wildman–Crippen MR) is 116 cm³/mol. The van der Waals surface area contributed by atoms with Gasteiger partial charge < -0.3 is 25.4 Å². The van der Waals surface area contributed by atoms with Crippen molar-refractivity contribution in [1.82, 2.24) is 10.2 Å². The van der Waals surface area contributed by atoms with Crippen LogP contribution < -0.4 is 10.6 Å². The van der Waals surface area contributed by atoms with Crippen molar-refractivity contribution in [3.63, 3.8) is 0 Å². The highest BCUT2D eigenvalue weighted by atomic mass is 16.5. The first-order valence-corrected chi connectivity index (χ1v) is 10.3. The molecule has 0 aromatic heterocycles. The fraction of sp³-hybridized carbons (Fsp3) is 0.304. The quantitative estimate of drug-likeness (QED) is 0.570. The first-order valence-electron chi connectivity index (χ1n) is 10.3. The number of benzene rings is 2. The third kappa shape index (κ3) is 5.42. The van der Waals surface area contributed by atoms with Gasteiger partial charge in [0, 0.05) is 5.69 Å². The Bertz CT molecular complexity index is 994. The van der Waals surface area contributed by atoms with E-state index in [2.05, 4.69) is 10.6 Å². The number of rotatable bonds is 7. The fourth-order valence-corrected chi connectivity index (χ4v) is 3.76. The van der Waals surface area contributed by atoms with Crippen LogP contribution in [0.15, 0.2) is 54.6 Å². The Hall–Kier alpha value is -3.88. The molecule has 1 fully saturated rings. The normalized spacial score (nSPS) is 17.5. The maximum absolute atomic E-state index is 12.9. The average Bonchev–Trinajstić information content (AvgIpc) is 3.24. The van der Waals surface area contributed by atoms with Crippen molar-refractivity contribution in [2.45, 2.75) is 31.8 Å². The van der Waals surface area contributed by atoms with Crippen LogP contribution in [0.4, 0.5) is 10.5 Å². The lowest BCUT2D eigenvalue weighted by molar-refractivity contribution is -0.149. The van der Waals surface area contributed by atoms with Crippen molar-refractivity contribution in [2.24, 2.45) is 0 Å². The van der Waals surface area contributed by atoms with Crippen molar-refractivity contribution in [2.75, 3.05) is 18.5 Å². The number of carboxylic acids is 1. The molecule has 0 aliphatic carbocycles. The zero-order valence-corrected chi connectivity index (χ0v) is 17.6. The van der Waals surface area contributed by atoms with E-state index in [0.717, 1.165) is 5.56 Å². The smallest absolute Gasteiger partial charge is 0.338 e.